The van der Waals surface area contributed by atoms with E-state index in [9.17, 15) is 9.18 Å². The third-order valence-corrected chi connectivity index (χ3v) is 4.48. The summed E-state index contributed by atoms with van der Waals surface area (Å²) in [6.07, 6.45) is 5.57. The van der Waals surface area contributed by atoms with E-state index in [-0.39, 0.29) is 23.5 Å². The lowest BCUT2D eigenvalue weighted by Gasteiger charge is -2.32. The fraction of sp³-hybridized carbons (Fsp3) is 0.421. The van der Waals surface area contributed by atoms with E-state index in [1.807, 2.05) is 4.90 Å². The van der Waals surface area contributed by atoms with Gasteiger partial charge in [-0.05, 0) is 37.3 Å². The van der Waals surface area contributed by atoms with Crippen molar-refractivity contribution in [3.05, 3.63) is 48.6 Å². The first kappa shape index (κ1) is 17.3. The van der Waals surface area contributed by atoms with E-state index in [4.69, 9.17) is 4.52 Å². The van der Waals surface area contributed by atoms with Crippen molar-refractivity contribution >= 4 is 5.91 Å². The number of likely N-dealkylation sites (tertiary alicyclic amines) is 1. The summed E-state index contributed by atoms with van der Waals surface area (Å²) in [6.45, 7) is 5.16. The number of piperidine rings is 1. The molecule has 1 atom stereocenters. The van der Waals surface area contributed by atoms with Crippen LogP contribution in [0.3, 0.4) is 0 Å². The lowest BCUT2D eigenvalue weighted by Crippen LogP contribution is -2.40. The Morgan fingerprint density at radius 3 is 3.08 bits per heavy atom. The first-order valence-corrected chi connectivity index (χ1v) is 8.63. The SMILES string of the molecule is C=CCCC(=O)N1CCCC(Cc2nc(-c3ccccc3F)no2)C1. The first-order chi connectivity index (χ1) is 12.2. The van der Waals surface area contributed by atoms with Crippen LogP contribution in [-0.4, -0.2) is 34.0 Å². The van der Waals surface area contributed by atoms with Crippen LogP contribution in [0.2, 0.25) is 0 Å². The van der Waals surface area contributed by atoms with E-state index in [0.717, 1.165) is 19.4 Å². The molecule has 132 valence electrons. The number of benzene rings is 1. The Morgan fingerprint density at radius 2 is 2.28 bits per heavy atom. The second-order valence-corrected chi connectivity index (χ2v) is 6.37. The minimum Gasteiger partial charge on any atom is -0.342 e. The minimum atomic E-state index is -0.369. The molecule has 0 aliphatic carbocycles. The highest BCUT2D eigenvalue weighted by molar-refractivity contribution is 5.76. The number of carbonyl (C=O) groups excluding carboxylic acids is 1. The molecule has 1 aromatic heterocycles. The van der Waals surface area contributed by atoms with E-state index in [1.54, 1.807) is 24.3 Å². The van der Waals surface area contributed by atoms with Gasteiger partial charge in [-0.15, -0.1) is 6.58 Å². The van der Waals surface area contributed by atoms with Gasteiger partial charge in [-0.2, -0.15) is 4.98 Å². The van der Waals surface area contributed by atoms with Crippen molar-refractivity contribution in [1.29, 1.82) is 0 Å². The van der Waals surface area contributed by atoms with Crippen molar-refractivity contribution in [3.63, 3.8) is 0 Å². The molecule has 1 fully saturated rings. The predicted molar refractivity (Wildman–Crippen MR) is 92.1 cm³/mol. The molecule has 1 aliphatic rings. The Morgan fingerprint density at radius 1 is 1.44 bits per heavy atom. The summed E-state index contributed by atoms with van der Waals surface area (Å²) < 4.78 is 19.1. The molecule has 1 amide bonds. The fourth-order valence-electron chi connectivity index (χ4n) is 3.18. The largest absolute Gasteiger partial charge is 0.342 e. The molecule has 6 heteroatoms. The van der Waals surface area contributed by atoms with Gasteiger partial charge in [-0.25, -0.2) is 4.39 Å². The molecule has 25 heavy (non-hydrogen) atoms. The van der Waals surface area contributed by atoms with Crippen LogP contribution < -0.4 is 0 Å². The number of rotatable bonds is 6. The highest BCUT2D eigenvalue weighted by atomic mass is 19.1. The summed E-state index contributed by atoms with van der Waals surface area (Å²) in [6, 6.07) is 6.37. The van der Waals surface area contributed by atoms with Gasteiger partial charge in [0, 0.05) is 25.9 Å². The molecule has 2 aromatic rings. The smallest absolute Gasteiger partial charge is 0.227 e. The van der Waals surface area contributed by atoms with E-state index in [2.05, 4.69) is 16.7 Å². The predicted octanol–water partition coefficient (Wildman–Crippen LogP) is 3.62. The molecule has 5 nitrogen and oxygen atoms in total. The Kier molecular flexibility index (Phi) is 5.58. The molecule has 1 aliphatic heterocycles. The number of halogens is 1. The Balaban J connectivity index is 1.62. The molecule has 0 spiro atoms. The van der Waals surface area contributed by atoms with Gasteiger partial charge in [-0.1, -0.05) is 23.4 Å². The highest BCUT2D eigenvalue weighted by Gasteiger charge is 2.25. The molecule has 3 rings (SSSR count). The average Bonchev–Trinajstić information content (AvgIpc) is 3.08. The van der Waals surface area contributed by atoms with Crippen LogP contribution in [0.1, 0.15) is 31.6 Å². The molecule has 0 bridgehead atoms. The summed E-state index contributed by atoms with van der Waals surface area (Å²) in [7, 11) is 0. The van der Waals surface area contributed by atoms with Gasteiger partial charge >= 0.3 is 0 Å². The summed E-state index contributed by atoms with van der Waals surface area (Å²) in [5.41, 5.74) is 0.336. The van der Waals surface area contributed by atoms with Crippen molar-refractivity contribution in [2.45, 2.75) is 32.1 Å². The monoisotopic (exact) mass is 343 g/mol. The second kappa shape index (κ2) is 8.05. The quantitative estimate of drug-likeness (QED) is 0.752. The topological polar surface area (TPSA) is 59.2 Å². The van der Waals surface area contributed by atoms with Gasteiger partial charge < -0.3 is 9.42 Å². The van der Waals surface area contributed by atoms with Crippen molar-refractivity contribution in [1.82, 2.24) is 15.0 Å². The van der Waals surface area contributed by atoms with Gasteiger partial charge in [0.05, 0.1) is 5.56 Å². The normalized spacial score (nSPS) is 17.5. The molecule has 0 radical (unpaired) electrons. The van der Waals surface area contributed by atoms with Gasteiger partial charge in [0.25, 0.3) is 0 Å². The lowest BCUT2D eigenvalue weighted by molar-refractivity contribution is -0.132. The number of carbonyl (C=O) groups is 1. The average molecular weight is 343 g/mol. The third-order valence-electron chi connectivity index (χ3n) is 4.48. The number of aromatic nitrogens is 2. The van der Waals surface area contributed by atoms with Crippen molar-refractivity contribution in [2.24, 2.45) is 5.92 Å². The lowest BCUT2D eigenvalue weighted by atomic mass is 9.94. The Labute approximate surface area is 146 Å². The summed E-state index contributed by atoms with van der Waals surface area (Å²) in [4.78, 5) is 18.4. The first-order valence-electron chi connectivity index (χ1n) is 8.63. The van der Waals surface area contributed by atoms with Crippen LogP contribution in [-0.2, 0) is 11.2 Å². The van der Waals surface area contributed by atoms with E-state index in [0.29, 0.717) is 37.3 Å². The molecule has 0 saturated carbocycles. The fourth-order valence-corrected chi connectivity index (χ4v) is 3.18. The minimum absolute atomic E-state index is 0.169. The maximum absolute atomic E-state index is 13.8. The number of amides is 1. The van der Waals surface area contributed by atoms with Crippen molar-refractivity contribution in [3.8, 4) is 11.4 Å². The number of hydrogen-bond donors (Lipinski definition) is 0. The van der Waals surface area contributed by atoms with Crippen molar-refractivity contribution < 1.29 is 13.7 Å². The number of hydrogen-bond acceptors (Lipinski definition) is 4. The Hall–Kier alpha value is -2.50. The molecule has 1 aromatic carbocycles. The van der Waals surface area contributed by atoms with Gasteiger partial charge in [0.2, 0.25) is 17.6 Å². The van der Waals surface area contributed by atoms with Crippen LogP contribution in [0.25, 0.3) is 11.4 Å². The van der Waals surface area contributed by atoms with E-state index < -0.39 is 0 Å². The zero-order valence-corrected chi connectivity index (χ0v) is 14.2. The van der Waals surface area contributed by atoms with Crippen LogP contribution in [0.4, 0.5) is 4.39 Å². The maximum Gasteiger partial charge on any atom is 0.227 e. The molecular formula is C19H22FN3O2. The highest BCUT2D eigenvalue weighted by Crippen LogP contribution is 2.23. The van der Waals surface area contributed by atoms with E-state index in [1.165, 1.54) is 6.07 Å². The Bertz CT molecular complexity index is 744. The second-order valence-electron chi connectivity index (χ2n) is 6.37. The molecule has 1 saturated heterocycles. The maximum atomic E-state index is 13.8. The zero-order valence-electron chi connectivity index (χ0n) is 14.2. The molecule has 2 heterocycles. The number of allylic oxidation sites excluding steroid dienone is 1. The molecular weight excluding hydrogens is 321 g/mol. The summed E-state index contributed by atoms with van der Waals surface area (Å²) in [5.74, 6) is 0.843. The summed E-state index contributed by atoms with van der Waals surface area (Å²) >= 11 is 0. The molecule has 0 N–H and O–H groups in total. The van der Waals surface area contributed by atoms with Gasteiger partial charge in [0.15, 0.2) is 0 Å². The van der Waals surface area contributed by atoms with Crippen LogP contribution in [0.15, 0.2) is 41.4 Å². The van der Waals surface area contributed by atoms with Crippen LogP contribution in [0.5, 0.6) is 0 Å². The van der Waals surface area contributed by atoms with Crippen molar-refractivity contribution in [2.75, 3.05) is 13.1 Å². The third kappa shape index (κ3) is 4.32. The molecule has 1 unspecified atom stereocenters. The van der Waals surface area contributed by atoms with Crippen LogP contribution in [0, 0.1) is 11.7 Å². The van der Waals surface area contributed by atoms with Gasteiger partial charge in [-0.3, -0.25) is 4.79 Å². The standard InChI is InChI=1S/C19H22FN3O2/c1-2-3-10-18(24)23-11-6-7-14(13-23)12-17-21-19(22-25-17)15-8-4-5-9-16(15)20/h2,4-5,8-9,14H,1,3,6-7,10-13H2. The van der Waals surface area contributed by atoms with E-state index >= 15 is 0 Å². The number of nitrogens with zero attached hydrogens (tertiary/aromatic N) is 3. The zero-order chi connectivity index (χ0) is 17.6. The summed E-state index contributed by atoms with van der Waals surface area (Å²) in [5, 5.41) is 3.89. The van der Waals surface area contributed by atoms with Crippen LogP contribution >= 0.6 is 0 Å². The van der Waals surface area contributed by atoms with Gasteiger partial charge in [0.1, 0.15) is 5.82 Å².